The van der Waals surface area contributed by atoms with Crippen molar-refractivity contribution in [2.45, 2.75) is 0 Å². The molecule has 0 saturated heterocycles. The maximum atomic E-state index is 11.4. The van der Waals surface area contributed by atoms with Crippen molar-refractivity contribution in [3.63, 3.8) is 0 Å². The summed E-state index contributed by atoms with van der Waals surface area (Å²) in [6.45, 7) is 0. The SMILES string of the molecule is C#CC(=O)c1c(OC)cccc1OC. The summed E-state index contributed by atoms with van der Waals surface area (Å²) in [5.74, 6) is 2.43. The third kappa shape index (κ3) is 1.69. The molecule has 14 heavy (non-hydrogen) atoms. The first-order valence-corrected chi connectivity index (χ1v) is 3.96. The van der Waals surface area contributed by atoms with E-state index in [4.69, 9.17) is 15.9 Å². The van der Waals surface area contributed by atoms with Gasteiger partial charge < -0.3 is 9.47 Å². The van der Waals surface area contributed by atoms with Gasteiger partial charge in [-0.2, -0.15) is 0 Å². The van der Waals surface area contributed by atoms with Gasteiger partial charge in [0.05, 0.1) is 14.2 Å². The molecule has 3 heteroatoms. The van der Waals surface area contributed by atoms with Crippen LogP contribution in [0.4, 0.5) is 0 Å². The van der Waals surface area contributed by atoms with Crippen LogP contribution in [0.5, 0.6) is 11.5 Å². The molecule has 0 fully saturated rings. The first-order valence-electron chi connectivity index (χ1n) is 3.96. The van der Waals surface area contributed by atoms with E-state index in [-0.39, 0.29) is 0 Å². The number of Topliss-reactive ketones (excluding diaryl/α,β-unsaturated/α-hetero) is 1. The molecule has 0 atom stereocenters. The predicted molar refractivity (Wildman–Crippen MR) is 52.7 cm³/mol. The second-order valence-electron chi connectivity index (χ2n) is 2.51. The summed E-state index contributed by atoms with van der Waals surface area (Å²) in [7, 11) is 2.95. The molecule has 0 amide bonds. The highest BCUT2D eigenvalue weighted by Gasteiger charge is 2.15. The van der Waals surface area contributed by atoms with Crippen molar-refractivity contribution in [1.29, 1.82) is 0 Å². The van der Waals surface area contributed by atoms with Crippen LogP contribution in [0.3, 0.4) is 0 Å². The van der Waals surface area contributed by atoms with E-state index in [0.717, 1.165) is 0 Å². The minimum Gasteiger partial charge on any atom is -0.496 e. The van der Waals surface area contributed by atoms with Crippen molar-refractivity contribution < 1.29 is 14.3 Å². The number of methoxy groups -OCH3 is 2. The maximum Gasteiger partial charge on any atom is 0.243 e. The largest absolute Gasteiger partial charge is 0.496 e. The smallest absolute Gasteiger partial charge is 0.243 e. The Kier molecular flexibility index (Phi) is 3.14. The zero-order valence-electron chi connectivity index (χ0n) is 8.03. The van der Waals surface area contributed by atoms with Gasteiger partial charge in [-0.3, -0.25) is 4.79 Å². The minimum atomic E-state index is -0.445. The summed E-state index contributed by atoms with van der Waals surface area (Å²) in [5.41, 5.74) is 0.292. The number of hydrogen-bond acceptors (Lipinski definition) is 3. The van der Waals surface area contributed by atoms with E-state index < -0.39 is 5.78 Å². The molecule has 0 unspecified atom stereocenters. The van der Waals surface area contributed by atoms with Gasteiger partial charge >= 0.3 is 0 Å². The van der Waals surface area contributed by atoms with Crippen molar-refractivity contribution in [2.24, 2.45) is 0 Å². The van der Waals surface area contributed by atoms with Gasteiger partial charge in [0.1, 0.15) is 17.1 Å². The normalized spacial score (nSPS) is 8.93. The molecule has 0 aliphatic heterocycles. The monoisotopic (exact) mass is 190 g/mol. The number of benzene rings is 1. The Labute approximate surface area is 82.6 Å². The molecule has 72 valence electrons. The van der Waals surface area contributed by atoms with Crippen LogP contribution in [0.15, 0.2) is 18.2 Å². The van der Waals surface area contributed by atoms with E-state index >= 15 is 0 Å². The van der Waals surface area contributed by atoms with E-state index in [2.05, 4.69) is 0 Å². The molecule has 1 aromatic rings. The second-order valence-corrected chi connectivity index (χ2v) is 2.51. The number of carbonyl (C=O) groups excluding carboxylic acids is 1. The fraction of sp³-hybridized carbons (Fsp3) is 0.182. The molecular weight excluding hydrogens is 180 g/mol. The van der Waals surface area contributed by atoms with E-state index in [0.29, 0.717) is 17.1 Å². The zero-order chi connectivity index (χ0) is 10.6. The Morgan fingerprint density at radius 3 is 2.14 bits per heavy atom. The molecule has 0 aliphatic rings. The summed E-state index contributed by atoms with van der Waals surface area (Å²) in [4.78, 5) is 11.4. The fourth-order valence-corrected chi connectivity index (χ4v) is 1.15. The minimum absolute atomic E-state index is 0.292. The topological polar surface area (TPSA) is 35.5 Å². The average molecular weight is 190 g/mol. The van der Waals surface area contributed by atoms with Crippen LogP contribution < -0.4 is 9.47 Å². The third-order valence-electron chi connectivity index (χ3n) is 1.79. The number of rotatable bonds is 3. The molecule has 3 nitrogen and oxygen atoms in total. The lowest BCUT2D eigenvalue weighted by molar-refractivity contribution is 0.105. The van der Waals surface area contributed by atoms with E-state index in [9.17, 15) is 4.79 Å². The Morgan fingerprint density at radius 1 is 1.29 bits per heavy atom. The highest BCUT2D eigenvalue weighted by atomic mass is 16.5. The van der Waals surface area contributed by atoms with Gasteiger partial charge in [-0.25, -0.2) is 0 Å². The Morgan fingerprint density at radius 2 is 1.79 bits per heavy atom. The number of hydrogen-bond donors (Lipinski definition) is 0. The summed E-state index contributed by atoms with van der Waals surface area (Å²) < 4.78 is 10.0. The quantitative estimate of drug-likeness (QED) is 0.412. The summed E-state index contributed by atoms with van der Waals surface area (Å²) in [5, 5.41) is 0. The van der Waals surface area contributed by atoms with Crippen LogP contribution in [0.25, 0.3) is 0 Å². The van der Waals surface area contributed by atoms with Crippen molar-refractivity contribution in [2.75, 3.05) is 14.2 Å². The van der Waals surface area contributed by atoms with Crippen LogP contribution >= 0.6 is 0 Å². The molecule has 0 N–H and O–H groups in total. The fourth-order valence-electron chi connectivity index (χ4n) is 1.15. The van der Waals surface area contributed by atoms with Gasteiger partial charge in [0.15, 0.2) is 0 Å². The molecule has 0 saturated carbocycles. The van der Waals surface area contributed by atoms with Crippen LogP contribution in [0.1, 0.15) is 10.4 Å². The van der Waals surface area contributed by atoms with Gasteiger partial charge in [-0.1, -0.05) is 6.07 Å². The molecule has 0 radical (unpaired) electrons. The Hall–Kier alpha value is -1.95. The number of terminal acetylenes is 1. The Balaban J connectivity index is 3.35. The van der Waals surface area contributed by atoms with E-state index in [1.165, 1.54) is 14.2 Å². The number of ether oxygens (including phenoxy) is 2. The molecular formula is C11H10O3. The lowest BCUT2D eigenvalue weighted by atomic mass is 10.1. The van der Waals surface area contributed by atoms with Gasteiger partial charge in [0.25, 0.3) is 0 Å². The van der Waals surface area contributed by atoms with Crippen LogP contribution in [0, 0.1) is 12.3 Å². The summed E-state index contributed by atoms with van der Waals surface area (Å²) in [6.07, 6.45) is 5.04. The number of ketones is 1. The van der Waals surface area contributed by atoms with Crippen LogP contribution in [-0.2, 0) is 0 Å². The average Bonchev–Trinajstić information content (AvgIpc) is 2.26. The van der Waals surface area contributed by atoms with Crippen molar-refractivity contribution in [3.8, 4) is 23.8 Å². The standard InChI is InChI=1S/C11H10O3/c1-4-8(12)11-9(13-2)6-5-7-10(11)14-3/h1,5-7H,2-3H3. The maximum absolute atomic E-state index is 11.4. The zero-order valence-corrected chi connectivity index (χ0v) is 8.03. The molecule has 0 heterocycles. The Bertz CT molecular complexity index is 366. The predicted octanol–water partition coefficient (Wildman–Crippen LogP) is 1.52. The molecule has 0 aliphatic carbocycles. The summed E-state index contributed by atoms with van der Waals surface area (Å²) >= 11 is 0. The van der Waals surface area contributed by atoms with Crippen LogP contribution in [-0.4, -0.2) is 20.0 Å². The van der Waals surface area contributed by atoms with Gasteiger partial charge in [0, 0.05) is 0 Å². The highest BCUT2D eigenvalue weighted by molar-refractivity contribution is 6.12. The number of carbonyl (C=O) groups is 1. The van der Waals surface area contributed by atoms with E-state index in [1.54, 1.807) is 18.2 Å². The van der Waals surface area contributed by atoms with Crippen molar-refractivity contribution >= 4 is 5.78 Å². The highest BCUT2D eigenvalue weighted by Crippen LogP contribution is 2.28. The summed E-state index contributed by atoms with van der Waals surface area (Å²) in [6, 6.07) is 5.05. The lowest BCUT2D eigenvalue weighted by Crippen LogP contribution is -2.02. The third-order valence-corrected chi connectivity index (χ3v) is 1.79. The van der Waals surface area contributed by atoms with Gasteiger partial charge in [0.2, 0.25) is 5.78 Å². The van der Waals surface area contributed by atoms with Gasteiger partial charge in [-0.05, 0) is 18.1 Å². The molecule has 1 aromatic carbocycles. The van der Waals surface area contributed by atoms with E-state index in [1.807, 2.05) is 5.92 Å². The second kappa shape index (κ2) is 4.33. The first-order chi connectivity index (χ1) is 6.74. The lowest BCUT2D eigenvalue weighted by Gasteiger charge is -2.09. The van der Waals surface area contributed by atoms with Crippen molar-refractivity contribution in [1.82, 2.24) is 0 Å². The molecule has 1 rings (SSSR count). The van der Waals surface area contributed by atoms with Gasteiger partial charge in [-0.15, -0.1) is 6.42 Å². The molecule has 0 aromatic heterocycles. The van der Waals surface area contributed by atoms with Crippen molar-refractivity contribution in [3.05, 3.63) is 23.8 Å². The van der Waals surface area contributed by atoms with Crippen LogP contribution in [0.2, 0.25) is 0 Å². The molecule has 0 spiro atoms. The molecule has 0 bridgehead atoms. The first kappa shape index (κ1) is 10.1.